The van der Waals surface area contributed by atoms with E-state index in [1.807, 2.05) is 0 Å². The Kier molecular flexibility index (Phi) is 10.2. The molecule has 0 amide bonds. The minimum absolute atomic E-state index is 0.116. The SMILES string of the molecule is CNC[C@H]1O[C@H](O[C@H]2[C@H](O)[C@@H](O[C@H]3O[C@H](CO)[C@@H](O)[C@H](NC)[C@H]3O)[C@H](N)C[C@@H]2N)[C@H](O)[C@@H](O)[C@@H]1O. The Hall–Kier alpha value is -0.600. The summed E-state index contributed by atoms with van der Waals surface area (Å²) < 4.78 is 22.7. The second-order valence-electron chi connectivity index (χ2n) is 9.35. The lowest BCUT2D eigenvalue weighted by molar-refractivity contribution is -0.333. The molecule has 0 spiro atoms. The molecular weight excluding hydrogens is 472 g/mol. The highest BCUT2D eigenvalue weighted by atomic mass is 16.7. The molecule has 3 fully saturated rings. The number of rotatable bonds is 8. The number of aliphatic hydroxyl groups excluding tert-OH is 7. The smallest absolute Gasteiger partial charge is 0.187 e. The molecule has 0 aromatic heterocycles. The van der Waals surface area contributed by atoms with Crippen molar-refractivity contribution in [3.05, 3.63) is 0 Å². The summed E-state index contributed by atoms with van der Waals surface area (Å²) in [6.07, 6.45) is -15.6. The fraction of sp³-hybridized carbons (Fsp3) is 1.00. The third-order valence-corrected chi connectivity index (χ3v) is 6.94. The molecule has 2 aliphatic heterocycles. The molecule has 3 aliphatic rings. The van der Waals surface area contributed by atoms with Crippen molar-refractivity contribution < 1.29 is 54.7 Å². The minimum Gasteiger partial charge on any atom is -0.394 e. The van der Waals surface area contributed by atoms with Crippen molar-refractivity contribution in [3.63, 3.8) is 0 Å². The van der Waals surface area contributed by atoms with E-state index in [1.54, 1.807) is 7.05 Å². The second kappa shape index (κ2) is 12.3. The number of hydrogen-bond donors (Lipinski definition) is 11. The maximum atomic E-state index is 11.1. The summed E-state index contributed by atoms with van der Waals surface area (Å²) >= 11 is 0. The lowest BCUT2D eigenvalue weighted by atomic mass is 9.84. The summed E-state index contributed by atoms with van der Waals surface area (Å²) in [5.74, 6) is 0. The molecule has 15 nitrogen and oxygen atoms in total. The summed E-state index contributed by atoms with van der Waals surface area (Å²) in [5, 5.41) is 77.8. The fourth-order valence-electron chi connectivity index (χ4n) is 4.89. The van der Waals surface area contributed by atoms with E-state index in [-0.39, 0.29) is 13.0 Å². The predicted molar refractivity (Wildman–Crippen MR) is 118 cm³/mol. The maximum Gasteiger partial charge on any atom is 0.187 e. The quantitative estimate of drug-likeness (QED) is 0.144. The van der Waals surface area contributed by atoms with Crippen molar-refractivity contribution in [1.82, 2.24) is 10.6 Å². The van der Waals surface area contributed by atoms with Gasteiger partial charge in [0.05, 0.1) is 12.6 Å². The second-order valence-corrected chi connectivity index (χ2v) is 9.35. The summed E-state index contributed by atoms with van der Waals surface area (Å²) in [4.78, 5) is 0. The Balaban J connectivity index is 1.73. The van der Waals surface area contributed by atoms with Gasteiger partial charge in [0.25, 0.3) is 0 Å². The molecule has 1 saturated carbocycles. The molecule has 0 aromatic rings. The average molecular weight is 513 g/mol. The molecule has 15 heteroatoms. The van der Waals surface area contributed by atoms with Crippen molar-refractivity contribution in [1.29, 1.82) is 0 Å². The van der Waals surface area contributed by atoms with Crippen molar-refractivity contribution in [3.8, 4) is 0 Å². The van der Waals surface area contributed by atoms with Crippen molar-refractivity contribution in [2.45, 2.75) is 98.2 Å². The molecule has 3 rings (SSSR count). The van der Waals surface area contributed by atoms with E-state index in [1.165, 1.54) is 7.05 Å². The van der Waals surface area contributed by atoms with Gasteiger partial charge < -0.3 is 76.8 Å². The number of ether oxygens (including phenoxy) is 4. The first kappa shape index (κ1) is 29.0. The summed E-state index contributed by atoms with van der Waals surface area (Å²) in [6.45, 7) is -0.386. The van der Waals surface area contributed by atoms with Gasteiger partial charge in [-0.1, -0.05) is 0 Å². The van der Waals surface area contributed by atoms with E-state index in [0.717, 1.165) is 0 Å². The lowest BCUT2D eigenvalue weighted by Crippen LogP contribution is -2.68. The lowest BCUT2D eigenvalue weighted by Gasteiger charge is -2.48. The first-order valence-electron chi connectivity index (χ1n) is 11.7. The van der Waals surface area contributed by atoms with Gasteiger partial charge >= 0.3 is 0 Å². The third kappa shape index (κ3) is 5.95. The van der Waals surface area contributed by atoms with Crippen molar-refractivity contribution >= 4 is 0 Å². The van der Waals surface area contributed by atoms with E-state index in [9.17, 15) is 35.7 Å². The normalized spacial score (nSPS) is 51.3. The molecule has 0 unspecified atom stereocenters. The van der Waals surface area contributed by atoms with Gasteiger partial charge in [-0.3, -0.25) is 0 Å². The molecule has 0 bridgehead atoms. The Morgan fingerprint density at radius 1 is 0.743 bits per heavy atom. The summed E-state index contributed by atoms with van der Waals surface area (Å²) in [5.41, 5.74) is 12.3. The first-order chi connectivity index (χ1) is 16.5. The van der Waals surface area contributed by atoms with E-state index >= 15 is 0 Å². The Bertz CT molecular complexity index is 669. The number of likely N-dealkylation sites (N-methyl/N-ethyl adjacent to an activating group) is 2. The molecule has 2 saturated heterocycles. The van der Waals surface area contributed by atoms with Gasteiger partial charge in [0, 0.05) is 18.6 Å². The zero-order valence-electron chi connectivity index (χ0n) is 19.7. The third-order valence-electron chi connectivity index (χ3n) is 6.94. The topological polar surface area (TPSA) is 255 Å². The van der Waals surface area contributed by atoms with Gasteiger partial charge in [-0.25, -0.2) is 0 Å². The molecule has 0 aromatic carbocycles. The van der Waals surface area contributed by atoms with E-state index < -0.39 is 98.4 Å². The van der Waals surface area contributed by atoms with Crippen LogP contribution < -0.4 is 22.1 Å². The van der Waals surface area contributed by atoms with Gasteiger partial charge in [0.2, 0.25) is 0 Å². The van der Waals surface area contributed by atoms with Crippen LogP contribution in [0.15, 0.2) is 0 Å². The molecule has 15 atom stereocenters. The minimum atomic E-state index is -1.63. The van der Waals surface area contributed by atoms with Crippen molar-refractivity contribution in [2.75, 3.05) is 27.2 Å². The van der Waals surface area contributed by atoms with Crippen LogP contribution in [0.2, 0.25) is 0 Å². The summed E-state index contributed by atoms with van der Waals surface area (Å²) in [7, 11) is 3.13. The first-order valence-corrected chi connectivity index (χ1v) is 11.7. The Labute approximate surface area is 202 Å². The Morgan fingerprint density at radius 2 is 1.29 bits per heavy atom. The number of nitrogens with two attached hydrogens (primary N) is 2. The van der Waals surface area contributed by atoms with Gasteiger partial charge in [-0.15, -0.1) is 0 Å². The van der Waals surface area contributed by atoms with Crippen molar-refractivity contribution in [2.24, 2.45) is 11.5 Å². The molecule has 206 valence electrons. The van der Waals surface area contributed by atoms with Crippen LogP contribution >= 0.6 is 0 Å². The molecule has 13 N–H and O–H groups in total. The van der Waals surface area contributed by atoms with Crippen LogP contribution in [-0.4, -0.2) is 155 Å². The highest BCUT2D eigenvalue weighted by Gasteiger charge is 2.51. The maximum absolute atomic E-state index is 11.1. The van der Waals surface area contributed by atoms with Gasteiger partial charge in [-0.05, 0) is 20.5 Å². The number of hydrogen-bond acceptors (Lipinski definition) is 15. The number of aliphatic hydroxyl groups is 7. The Morgan fingerprint density at radius 3 is 1.80 bits per heavy atom. The summed E-state index contributed by atoms with van der Waals surface area (Å²) in [6, 6.07) is -2.50. The van der Waals surface area contributed by atoms with E-state index in [4.69, 9.17) is 30.4 Å². The number of nitrogens with one attached hydrogen (secondary N) is 2. The van der Waals surface area contributed by atoms with Crippen LogP contribution in [0.25, 0.3) is 0 Å². The molecule has 2 heterocycles. The largest absolute Gasteiger partial charge is 0.394 e. The average Bonchev–Trinajstić information content (AvgIpc) is 2.82. The monoisotopic (exact) mass is 512 g/mol. The fourth-order valence-corrected chi connectivity index (χ4v) is 4.89. The highest BCUT2D eigenvalue weighted by molar-refractivity contribution is 5.01. The van der Waals surface area contributed by atoms with Crippen LogP contribution in [0.5, 0.6) is 0 Å². The van der Waals surface area contributed by atoms with Crippen LogP contribution in [0.3, 0.4) is 0 Å². The van der Waals surface area contributed by atoms with E-state index in [0.29, 0.717) is 0 Å². The zero-order valence-corrected chi connectivity index (χ0v) is 19.7. The van der Waals surface area contributed by atoms with Gasteiger partial charge in [0.15, 0.2) is 12.6 Å². The van der Waals surface area contributed by atoms with Crippen LogP contribution in [-0.2, 0) is 18.9 Å². The zero-order chi connectivity index (χ0) is 26.0. The van der Waals surface area contributed by atoms with Crippen LogP contribution in [0, 0.1) is 0 Å². The molecule has 1 aliphatic carbocycles. The standard InChI is InChI=1S/C20H40N4O11/c1-23-4-8-12(27)14(29)15(30)20(32-8)35-18-7(22)3-6(21)17(16(18)31)34-19-13(28)10(24-2)11(26)9(5-25)33-19/h6-20,23-31H,3-5,21-22H2,1-2H3/t6-,7+,8-,9-,10+,11-,12-,13-,14+,15-,16-,17+,18-,19-,20-/m1/s1. The molecule has 0 radical (unpaired) electrons. The molecule has 35 heavy (non-hydrogen) atoms. The van der Waals surface area contributed by atoms with Gasteiger partial charge in [-0.2, -0.15) is 0 Å². The van der Waals surface area contributed by atoms with Crippen LogP contribution in [0.4, 0.5) is 0 Å². The van der Waals surface area contributed by atoms with E-state index in [2.05, 4.69) is 10.6 Å². The highest BCUT2D eigenvalue weighted by Crippen LogP contribution is 2.31. The van der Waals surface area contributed by atoms with Gasteiger partial charge in [0.1, 0.15) is 61.0 Å². The predicted octanol–water partition coefficient (Wildman–Crippen LogP) is -6.77. The van der Waals surface area contributed by atoms with Crippen LogP contribution in [0.1, 0.15) is 6.42 Å². The molecular formula is C20H40N4O11.